The minimum absolute atomic E-state index is 0.708. The van der Waals surface area contributed by atoms with Gasteiger partial charge in [-0.05, 0) is 36.4 Å². The summed E-state index contributed by atoms with van der Waals surface area (Å²) in [4.78, 5) is 4.11. The van der Waals surface area contributed by atoms with Crippen LogP contribution in [0.5, 0.6) is 0 Å². The van der Waals surface area contributed by atoms with Crippen LogP contribution >= 0.6 is 11.6 Å². The first-order valence-electron chi connectivity index (χ1n) is 4.80. The lowest BCUT2D eigenvalue weighted by Crippen LogP contribution is -1.91. The molecule has 1 N–H and O–H groups in total. The smallest absolute Gasteiger partial charge is 0.0830 e. The van der Waals surface area contributed by atoms with Crippen molar-refractivity contribution in [3.8, 4) is 0 Å². The van der Waals surface area contributed by atoms with E-state index in [2.05, 4.69) is 15.5 Å². The average molecular weight is 232 g/mol. The van der Waals surface area contributed by atoms with E-state index in [-0.39, 0.29) is 0 Å². The van der Waals surface area contributed by atoms with Crippen molar-refractivity contribution in [2.45, 2.75) is 0 Å². The molecule has 3 nitrogen and oxygen atoms in total. The zero-order valence-electron chi connectivity index (χ0n) is 8.47. The Morgan fingerprint density at radius 2 is 1.94 bits per heavy atom. The van der Waals surface area contributed by atoms with Crippen molar-refractivity contribution in [3.05, 3.63) is 59.4 Å². The molecule has 2 aromatic rings. The zero-order valence-corrected chi connectivity index (χ0v) is 9.22. The van der Waals surface area contributed by atoms with E-state index < -0.39 is 0 Å². The highest BCUT2D eigenvalue weighted by atomic mass is 35.5. The summed E-state index contributed by atoms with van der Waals surface area (Å²) in [6.45, 7) is 0. The van der Waals surface area contributed by atoms with Gasteiger partial charge >= 0.3 is 0 Å². The van der Waals surface area contributed by atoms with Gasteiger partial charge in [-0.1, -0.05) is 17.7 Å². The van der Waals surface area contributed by atoms with E-state index in [4.69, 9.17) is 11.6 Å². The van der Waals surface area contributed by atoms with Gasteiger partial charge in [0.2, 0.25) is 0 Å². The maximum atomic E-state index is 5.77. The van der Waals surface area contributed by atoms with Crippen LogP contribution in [0.4, 0.5) is 5.69 Å². The molecule has 2 rings (SSSR count). The number of halogens is 1. The second kappa shape index (κ2) is 5.28. The SMILES string of the molecule is Clc1ccc(NN=Cc2ccccn2)cc1. The third kappa shape index (κ3) is 3.07. The van der Waals surface area contributed by atoms with Crippen molar-refractivity contribution < 1.29 is 0 Å². The Morgan fingerprint density at radius 1 is 1.12 bits per heavy atom. The Labute approximate surface area is 98.8 Å². The van der Waals surface area contributed by atoms with Gasteiger partial charge in [0.15, 0.2) is 0 Å². The lowest BCUT2D eigenvalue weighted by molar-refractivity contribution is 1.28. The number of rotatable bonds is 3. The summed E-state index contributed by atoms with van der Waals surface area (Å²) in [6, 6.07) is 13.0. The Kier molecular flexibility index (Phi) is 3.51. The van der Waals surface area contributed by atoms with Gasteiger partial charge in [0.25, 0.3) is 0 Å². The summed E-state index contributed by atoms with van der Waals surface area (Å²) in [7, 11) is 0. The van der Waals surface area contributed by atoms with E-state index in [0.29, 0.717) is 5.02 Å². The molecule has 0 saturated heterocycles. The summed E-state index contributed by atoms with van der Waals surface area (Å²) < 4.78 is 0. The van der Waals surface area contributed by atoms with Gasteiger partial charge < -0.3 is 0 Å². The number of hydrogen-bond donors (Lipinski definition) is 1. The van der Waals surface area contributed by atoms with Gasteiger partial charge in [0, 0.05) is 11.2 Å². The van der Waals surface area contributed by atoms with Gasteiger partial charge in [0.05, 0.1) is 17.6 Å². The Bertz CT molecular complexity index is 465. The summed E-state index contributed by atoms with van der Waals surface area (Å²) in [5.74, 6) is 0. The van der Waals surface area contributed by atoms with E-state index in [1.807, 2.05) is 30.3 Å². The average Bonchev–Trinajstić information content (AvgIpc) is 2.33. The van der Waals surface area contributed by atoms with Crippen LogP contribution in [-0.4, -0.2) is 11.2 Å². The highest BCUT2D eigenvalue weighted by Gasteiger charge is 1.89. The Hall–Kier alpha value is -1.87. The van der Waals surface area contributed by atoms with Crippen LogP contribution in [0.25, 0.3) is 0 Å². The molecule has 0 aliphatic carbocycles. The predicted octanol–water partition coefficient (Wildman–Crippen LogP) is 3.18. The molecule has 0 aliphatic heterocycles. The quantitative estimate of drug-likeness (QED) is 0.651. The fraction of sp³-hybridized carbons (Fsp3) is 0. The minimum Gasteiger partial charge on any atom is -0.278 e. The van der Waals surface area contributed by atoms with E-state index in [1.54, 1.807) is 24.5 Å². The highest BCUT2D eigenvalue weighted by molar-refractivity contribution is 6.30. The van der Waals surface area contributed by atoms with Gasteiger partial charge in [0.1, 0.15) is 0 Å². The van der Waals surface area contributed by atoms with Crippen molar-refractivity contribution in [1.82, 2.24) is 4.98 Å². The first-order valence-corrected chi connectivity index (χ1v) is 5.18. The molecule has 0 atom stereocenters. The van der Waals surface area contributed by atoms with Gasteiger partial charge in [-0.2, -0.15) is 5.10 Å². The second-order valence-electron chi connectivity index (χ2n) is 3.13. The molecule has 1 heterocycles. The zero-order chi connectivity index (χ0) is 11.2. The predicted molar refractivity (Wildman–Crippen MR) is 66.9 cm³/mol. The van der Waals surface area contributed by atoms with Crippen LogP contribution in [0.1, 0.15) is 5.69 Å². The fourth-order valence-electron chi connectivity index (χ4n) is 1.15. The van der Waals surface area contributed by atoms with Gasteiger partial charge in [-0.15, -0.1) is 0 Å². The minimum atomic E-state index is 0.708. The molecular formula is C12H10ClN3. The maximum absolute atomic E-state index is 5.77. The molecule has 0 amide bonds. The van der Waals surface area contributed by atoms with E-state index >= 15 is 0 Å². The third-order valence-electron chi connectivity index (χ3n) is 1.92. The molecule has 16 heavy (non-hydrogen) atoms. The van der Waals surface area contributed by atoms with Crippen molar-refractivity contribution in [1.29, 1.82) is 0 Å². The van der Waals surface area contributed by atoms with Crippen LogP contribution in [0.15, 0.2) is 53.8 Å². The topological polar surface area (TPSA) is 37.3 Å². The molecule has 0 saturated carbocycles. The number of aromatic nitrogens is 1. The molecule has 0 bridgehead atoms. The van der Waals surface area contributed by atoms with Gasteiger partial charge in [-0.3, -0.25) is 10.4 Å². The molecular weight excluding hydrogens is 222 g/mol. The Morgan fingerprint density at radius 3 is 2.62 bits per heavy atom. The van der Waals surface area contributed by atoms with Crippen molar-refractivity contribution in [2.24, 2.45) is 5.10 Å². The third-order valence-corrected chi connectivity index (χ3v) is 2.17. The molecule has 80 valence electrons. The molecule has 0 fully saturated rings. The second-order valence-corrected chi connectivity index (χ2v) is 3.57. The normalized spacial score (nSPS) is 10.6. The highest BCUT2D eigenvalue weighted by Crippen LogP contribution is 2.12. The monoisotopic (exact) mass is 231 g/mol. The first kappa shape index (κ1) is 10.6. The largest absolute Gasteiger partial charge is 0.278 e. The van der Waals surface area contributed by atoms with Crippen LogP contribution in [-0.2, 0) is 0 Å². The molecule has 0 radical (unpaired) electrons. The lowest BCUT2D eigenvalue weighted by Gasteiger charge is -1.98. The lowest BCUT2D eigenvalue weighted by atomic mass is 10.3. The number of nitrogens with zero attached hydrogens (tertiary/aromatic N) is 2. The number of hydrogen-bond acceptors (Lipinski definition) is 3. The first-order chi connectivity index (χ1) is 7.84. The number of pyridine rings is 1. The van der Waals surface area contributed by atoms with Gasteiger partial charge in [-0.25, -0.2) is 0 Å². The summed E-state index contributed by atoms with van der Waals surface area (Å²) in [6.07, 6.45) is 3.39. The maximum Gasteiger partial charge on any atom is 0.0830 e. The molecule has 0 spiro atoms. The van der Waals surface area contributed by atoms with Crippen LogP contribution in [0.2, 0.25) is 5.02 Å². The molecule has 1 aromatic carbocycles. The molecule has 4 heteroatoms. The van der Waals surface area contributed by atoms with Crippen LogP contribution < -0.4 is 5.43 Å². The van der Waals surface area contributed by atoms with E-state index in [9.17, 15) is 0 Å². The standard InChI is InChI=1S/C12H10ClN3/c13-10-4-6-11(7-5-10)16-15-9-12-3-1-2-8-14-12/h1-9,16H. The number of anilines is 1. The molecule has 0 unspecified atom stereocenters. The van der Waals surface area contributed by atoms with Crippen molar-refractivity contribution in [2.75, 3.05) is 5.43 Å². The number of nitrogens with one attached hydrogen (secondary N) is 1. The summed E-state index contributed by atoms with van der Waals surface area (Å²) >= 11 is 5.77. The number of hydrazone groups is 1. The summed E-state index contributed by atoms with van der Waals surface area (Å²) in [5, 5.41) is 4.77. The van der Waals surface area contributed by atoms with E-state index in [1.165, 1.54) is 0 Å². The fourth-order valence-corrected chi connectivity index (χ4v) is 1.28. The summed E-state index contributed by atoms with van der Waals surface area (Å²) in [5.41, 5.74) is 4.59. The number of benzene rings is 1. The Balaban J connectivity index is 1.97. The van der Waals surface area contributed by atoms with E-state index in [0.717, 1.165) is 11.4 Å². The van der Waals surface area contributed by atoms with Crippen molar-refractivity contribution in [3.63, 3.8) is 0 Å². The molecule has 0 aliphatic rings. The van der Waals surface area contributed by atoms with Crippen LogP contribution in [0.3, 0.4) is 0 Å². The van der Waals surface area contributed by atoms with Crippen LogP contribution in [0, 0.1) is 0 Å². The van der Waals surface area contributed by atoms with Crippen molar-refractivity contribution >= 4 is 23.5 Å². The molecule has 1 aromatic heterocycles.